The number of nitrogens with zero attached hydrogens (tertiary/aromatic N) is 3. The third kappa shape index (κ3) is 2.50. The lowest BCUT2D eigenvalue weighted by atomic mass is 10.1. The first kappa shape index (κ1) is 16.0. The molecule has 0 saturated carbocycles. The lowest BCUT2D eigenvalue weighted by Gasteiger charge is -2.06. The first-order valence-corrected chi connectivity index (χ1v) is 7.38. The average Bonchev–Trinajstić information content (AvgIpc) is 2.95. The Morgan fingerprint density at radius 3 is 2.62 bits per heavy atom. The zero-order valence-electron chi connectivity index (χ0n) is 11.9. The summed E-state index contributed by atoms with van der Waals surface area (Å²) in [7, 11) is 0. The Balaban J connectivity index is 2.21. The van der Waals surface area contributed by atoms with Crippen molar-refractivity contribution in [3.05, 3.63) is 73.9 Å². The van der Waals surface area contributed by atoms with Crippen molar-refractivity contribution in [3.63, 3.8) is 0 Å². The molecule has 0 N–H and O–H groups in total. The van der Waals surface area contributed by atoms with Crippen LogP contribution in [-0.2, 0) is 0 Å². The lowest BCUT2D eigenvalue weighted by molar-refractivity contribution is -0.384. The van der Waals surface area contributed by atoms with E-state index in [1.54, 1.807) is 24.3 Å². The molecule has 0 fully saturated rings. The predicted molar refractivity (Wildman–Crippen MR) is 89.5 cm³/mol. The molecule has 0 amide bonds. The van der Waals surface area contributed by atoms with Gasteiger partial charge in [0.05, 0.1) is 21.0 Å². The Morgan fingerprint density at radius 1 is 1.25 bits per heavy atom. The molecular weight excluding hydrogens is 353 g/mol. The van der Waals surface area contributed by atoms with E-state index >= 15 is 0 Å². The van der Waals surface area contributed by atoms with E-state index in [4.69, 9.17) is 23.2 Å². The van der Waals surface area contributed by atoms with Crippen molar-refractivity contribution in [1.82, 2.24) is 4.57 Å². The number of aromatic nitrogens is 1. The maximum Gasteiger partial charge on any atom is 0.290 e. The second-order valence-electron chi connectivity index (χ2n) is 4.90. The second-order valence-corrected chi connectivity index (χ2v) is 5.68. The number of para-hydroxylation sites is 1. The van der Waals surface area contributed by atoms with Crippen molar-refractivity contribution in [2.24, 2.45) is 0 Å². The number of nitro benzene ring substituents is 1. The normalized spacial score (nSPS) is 10.5. The zero-order chi connectivity index (χ0) is 17.4. The van der Waals surface area contributed by atoms with Gasteiger partial charge in [0.15, 0.2) is 0 Å². The summed E-state index contributed by atoms with van der Waals surface area (Å²) in [6.07, 6.45) is 1.39. The number of nitro groups is 1. The highest BCUT2D eigenvalue weighted by Gasteiger charge is 2.22. The van der Waals surface area contributed by atoms with Crippen LogP contribution in [0.4, 0.5) is 5.69 Å². The van der Waals surface area contributed by atoms with Gasteiger partial charge >= 0.3 is 0 Å². The maximum atomic E-state index is 12.8. The highest BCUT2D eigenvalue weighted by Crippen LogP contribution is 2.33. The minimum Gasteiger partial charge on any atom is -0.282 e. The number of nitriles is 1. The van der Waals surface area contributed by atoms with E-state index in [0.29, 0.717) is 16.5 Å². The van der Waals surface area contributed by atoms with Crippen molar-refractivity contribution in [3.8, 4) is 6.07 Å². The van der Waals surface area contributed by atoms with Crippen LogP contribution in [-0.4, -0.2) is 15.4 Å². The fourth-order valence-electron chi connectivity index (χ4n) is 2.41. The van der Waals surface area contributed by atoms with Gasteiger partial charge in [0, 0.05) is 23.2 Å². The van der Waals surface area contributed by atoms with Gasteiger partial charge in [-0.25, -0.2) is 0 Å². The summed E-state index contributed by atoms with van der Waals surface area (Å²) >= 11 is 11.7. The van der Waals surface area contributed by atoms with Gasteiger partial charge < -0.3 is 0 Å². The van der Waals surface area contributed by atoms with Crippen molar-refractivity contribution in [2.75, 3.05) is 0 Å². The molecule has 2 aromatic carbocycles. The quantitative estimate of drug-likeness (QED) is 0.500. The molecule has 3 aromatic rings. The zero-order valence-corrected chi connectivity index (χ0v) is 13.4. The Bertz CT molecular complexity index is 1050. The number of hydrogen-bond acceptors (Lipinski definition) is 4. The fraction of sp³-hybridized carbons (Fsp3) is 0. The predicted octanol–water partition coefficient (Wildman–Crippen LogP) is 4.42. The van der Waals surface area contributed by atoms with Crippen LogP contribution in [0, 0.1) is 21.4 Å². The Kier molecular flexibility index (Phi) is 3.97. The summed E-state index contributed by atoms with van der Waals surface area (Å²) in [6, 6.07) is 11.2. The first-order valence-electron chi connectivity index (χ1n) is 6.62. The molecule has 24 heavy (non-hydrogen) atoms. The van der Waals surface area contributed by atoms with Gasteiger partial charge in [0.2, 0.25) is 0 Å². The summed E-state index contributed by atoms with van der Waals surface area (Å²) in [4.78, 5) is 23.1. The van der Waals surface area contributed by atoms with Gasteiger partial charge in [0.1, 0.15) is 11.1 Å². The van der Waals surface area contributed by atoms with Crippen LogP contribution in [0.15, 0.2) is 42.6 Å². The number of fused-ring (bicyclic) bond motifs is 1. The standard InChI is InChI=1S/C16H7Cl2N3O3/c17-12-5-9(6-14(15(12)18)21(23)24)16(22)20-8-10(7-19)11-3-1-2-4-13(11)20/h1-6,8H. The van der Waals surface area contributed by atoms with Crippen LogP contribution < -0.4 is 0 Å². The van der Waals surface area contributed by atoms with E-state index in [1.807, 2.05) is 6.07 Å². The first-order chi connectivity index (χ1) is 11.4. The number of rotatable bonds is 2. The molecule has 0 aliphatic carbocycles. The van der Waals surface area contributed by atoms with E-state index in [2.05, 4.69) is 0 Å². The summed E-state index contributed by atoms with van der Waals surface area (Å²) < 4.78 is 1.26. The lowest BCUT2D eigenvalue weighted by Crippen LogP contribution is -2.11. The molecule has 1 heterocycles. The van der Waals surface area contributed by atoms with E-state index < -0.39 is 16.5 Å². The largest absolute Gasteiger partial charge is 0.290 e. The average molecular weight is 360 g/mol. The molecule has 0 aliphatic rings. The molecule has 1 aromatic heterocycles. The highest BCUT2D eigenvalue weighted by molar-refractivity contribution is 6.43. The number of halogens is 2. The molecule has 0 spiro atoms. The van der Waals surface area contributed by atoms with Gasteiger partial charge in [0.25, 0.3) is 11.6 Å². The molecule has 0 bridgehead atoms. The second kappa shape index (κ2) is 5.96. The molecular formula is C16H7Cl2N3O3. The number of carbonyl (C=O) groups is 1. The molecule has 3 rings (SSSR count). The van der Waals surface area contributed by atoms with E-state index in [-0.39, 0.29) is 15.6 Å². The molecule has 6 nitrogen and oxygen atoms in total. The highest BCUT2D eigenvalue weighted by atomic mass is 35.5. The maximum absolute atomic E-state index is 12.8. The van der Waals surface area contributed by atoms with Gasteiger partial charge in [-0.2, -0.15) is 5.26 Å². The van der Waals surface area contributed by atoms with Gasteiger partial charge in [-0.05, 0) is 12.1 Å². The smallest absolute Gasteiger partial charge is 0.282 e. The summed E-state index contributed by atoms with van der Waals surface area (Å²) in [5.74, 6) is -0.547. The number of hydrogen-bond donors (Lipinski definition) is 0. The third-order valence-electron chi connectivity index (χ3n) is 3.50. The van der Waals surface area contributed by atoms with Crippen LogP contribution in [0.25, 0.3) is 10.9 Å². The summed E-state index contributed by atoms with van der Waals surface area (Å²) in [6.45, 7) is 0. The molecule has 0 unspecified atom stereocenters. The summed E-state index contributed by atoms with van der Waals surface area (Å²) in [5.41, 5.74) is 0.395. The van der Waals surface area contributed by atoms with Crippen LogP contribution >= 0.6 is 23.2 Å². The van der Waals surface area contributed by atoms with Crippen molar-refractivity contribution >= 4 is 45.7 Å². The Hall–Kier alpha value is -2.88. The third-order valence-corrected chi connectivity index (χ3v) is 4.30. The minimum atomic E-state index is -0.709. The van der Waals surface area contributed by atoms with Crippen LogP contribution in [0.1, 0.15) is 15.9 Å². The van der Waals surface area contributed by atoms with Crippen molar-refractivity contribution in [1.29, 1.82) is 5.26 Å². The number of benzene rings is 2. The van der Waals surface area contributed by atoms with Crippen LogP contribution in [0.5, 0.6) is 0 Å². The monoisotopic (exact) mass is 359 g/mol. The molecule has 0 saturated heterocycles. The van der Waals surface area contributed by atoms with E-state index in [0.717, 1.165) is 6.07 Å². The molecule has 0 atom stereocenters. The van der Waals surface area contributed by atoms with Crippen molar-refractivity contribution in [2.45, 2.75) is 0 Å². The van der Waals surface area contributed by atoms with E-state index in [1.165, 1.54) is 16.8 Å². The van der Waals surface area contributed by atoms with Crippen LogP contribution in [0.3, 0.4) is 0 Å². The Labute approximate surface area is 145 Å². The van der Waals surface area contributed by atoms with Gasteiger partial charge in [-0.3, -0.25) is 19.5 Å². The topological polar surface area (TPSA) is 88.9 Å². The van der Waals surface area contributed by atoms with Crippen LogP contribution in [0.2, 0.25) is 10.0 Å². The molecule has 0 aliphatic heterocycles. The Morgan fingerprint density at radius 2 is 1.96 bits per heavy atom. The fourth-order valence-corrected chi connectivity index (χ4v) is 2.80. The SMILES string of the molecule is N#Cc1cn(C(=O)c2cc(Cl)c(Cl)c([N+](=O)[O-])c2)c2ccccc12. The molecule has 8 heteroatoms. The minimum absolute atomic E-state index is 0.00124. The van der Waals surface area contributed by atoms with Gasteiger partial charge in [-0.1, -0.05) is 41.4 Å². The molecule has 0 radical (unpaired) electrons. The van der Waals surface area contributed by atoms with Crippen molar-refractivity contribution < 1.29 is 9.72 Å². The molecule has 118 valence electrons. The van der Waals surface area contributed by atoms with Gasteiger partial charge in [-0.15, -0.1) is 0 Å². The number of carbonyl (C=O) groups excluding carboxylic acids is 1. The van der Waals surface area contributed by atoms with E-state index in [9.17, 15) is 20.2 Å². The summed E-state index contributed by atoms with van der Waals surface area (Å²) in [5, 5.41) is 20.5.